The number of thioether (sulfide) groups is 1. The summed E-state index contributed by atoms with van der Waals surface area (Å²) in [5.41, 5.74) is 0.920. The van der Waals surface area contributed by atoms with E-state index in [1.165, 1.54) is 30.5 Å². The summed E-state index contributed by atoms with van der Waals surface area (Å²) in [6.45, 7) is 0.852. The fourth-order valence-corrected chi connectivity index (χ4v) is 3.13. The smallest absolute Gasteiger partial charge is 0.339 e. The van der Waals surface area contributed by atoms with Gasteiger partial charge < -0.3 is 10.4 Å². The van der Waals surface area contributed by atoms with Gasteiger partial charge in [-0.3, -0.25) is 4.98 Å². The molecule has 2 N–H and O–H groups in total. The van der Waals surface area contributed by atoms with Crippen LogP contribution in [0, 0.1) is 5.92 Å². The predicted molar refractivity (Wildman–Crippen MR) is 69.7 cm³/mol. The Kier molecular flexibility index (Phi) is 4.25. The van der Waals surface area contributed by atoms with E-state index in [1.807, 2.05) is 11.8 Å². The molecule has 0 amide bonds. The molecule has 0 radical (unpaired) electrons. The van der Waals surface area contributed by atoms with E-state index >= 15 is 0 Å². The first-order valence-electron chi connectivity index (χ1n) is 5.76. The summed E-state index contributed by atoms with van der Waals surface area (Å²) >= 11 is 2.00. The molecule has 1 aromatic rings. The second-order valence-electron chi connectivity index (χ2n) is 4.16. The minimum Gasteiger partial charge on any atom is -0.478 e. The van der Waals surface area contributed by atoms with Crippen LogP contribution < -0.4 is 5.32 Å². The first-order chi connectivity index (χ1) is 8.27. The molecule has 2 heterocycles. The Hall–Kier alpha value is -1.23. The van der Waals surface area contributed by atoms with E-state index in [9.17, 15) is 4.79 Å². The van der Waals surface area contributed by atoms with E-state index in [1.54, 1.807) is 12.3 Å². The molecule has 4 nitrogen and oxygen atoms in total. The molecule has 1 saturated heterocycles. The van der Waals surface area contributed by atoms with E-state index < -0.39 is 5.97 Å². The number of carboxylic acid groups (broad SMARTS) is 1. The van der Waals surface area contributed by atoms with Crippen LogP contribution in [0.15, 0.2) is 18.5 Å². The number of pyridine rings is 1. The minimum absolute atomic E-state index is 0.248. The van der Waals surface area contributed by atoms with Crippen molar-refractivity contribution < 1.29 is 9.90 Å². The zero-order chi connectivity index (χ0) is 12.1. The van der Waals surface area contributed by atoms with Gasteiger partial charge in [-0.25, -0.2) is 4.79 Å². The summed E-state index contributed by atoms with van der Waals surface area (Å²) in [6, 6.07) is 1.72. The Bertz CT molecular complexity index is 392. The van der Waals surface area contributed by atoms with E-state index in [-0.39, 0.29) is 5.56 Å². The Morgan fingerprint density at radius 2 is 2.29 bits per heavy atom. The molecule has 1 aliphatic rings. The Morgan fingerprint density at radius 3 is 3.00 bits per heavy atom. The maximum atomic E-state index is 11.0. The van der Waals surface area contributed by atoms with Gasteiger partial charge in [-0.2, -0.15) is 11.8 Å². The molecule has 0 atom stereocenters. The fourth-order valence-electron chi connectivity index (χ4n) is 1.92. The highest BCUT2D eigenvalue weighted by molar-refractivity contribution is 7.99. The van der Waals surface area contributed by atoms with Crippen LogP contribution in [0.5, 0.6) is 0 Å². The van der Waals surface area contributed by atoms with Gasteiger partial charge in [0.1, 0.15) is 5.56 Å². The van der Waals surface area contributed by atoms with E-state index in [0.29, 0.717) is 11.6 Å². The van der Waals surface area contributed by atoms with Gasteiger partial charge in [0.05, 0.1) is 5.69 Å². The molecule has 5 heteroatoms. The summed E-state index contributed by atoms with van der Waals surface area (Å²) in [7, 11) is 0. The predicted octanol–water partition coefficient (Wildman–Crippen LogP) is 2.33. The van der Waals surface area contributed by atoms with Crippen LogP contribution in [0.4, 0.5) is 5.69 Å². The number of nitrogens with zero attached hydrogens (tertiary/aromatic N) is 1. The molecule has 0 aromatic carbocycles. The zero-order valence-corrected chi connectivity index (χ0v) is 10.4. The number of aromatic carboxylic acids is 1. The average molecular weight is 252 g/mol. The van der Waals surface area contributed by atoms with Crippen molar-refractivity contribution in [1.29, 1.82) is 0 Å². The molecular formula is C12H16N2O2S. The standard InChI is InChI=1S/C12H16N2O2S/c15-12(16)10-8-13-4-1-11(10)14-7-9-2-5-17-6-3-9/h1,4,8-9H,2-3,5-7H2,(H,13,14)(H,15,16). The van der Waals surface area contributed by atoms with Crippen LogP contribution in [0.25, 0.3) is 0 Å². The molecule has 0 bridgehead atoms. The molecule has 0 unspecified atom stereocenters. The average Bonchev–Trinajstić information content (AvgIpc) is 2.38. The third kappa shape index (κ3) is 3.36. The van der Waals surface area contributed by atoms with Crippen molar-refractivity contribution in [1.82, 2.24) is 4.98 Å². The molecule has 1 aromatic heterocycles. The van der Waals surface area contributed by atoms with Crippen molar-refractivity contribution in [3.8, 4) is 0 Å². The number of anilines is 1. The third-order valence-electron chi connectivity index (χ3n) is 2.97. The van der Waals surface area contributed by atoms with Crippen molar-refractivity contribution >= 4 is 23.4 Å². The van der Waals surface area contributed by atoms with Crippen LogP contribution in [0.2, 0.25) is 0 Å². The second kappa shape index (κ2) is 5.91. The lowest BCUT2D eigenvalue weighted by molar-refractivity contribution is 0.0697. The van der Waals surface area contributed by atoms with Crippen molar-refractivity contribution in [2.75, 3.05) is 23.4 Å². The lowest BCUT2D eigenvalue weighted by atomic mass is 10.0. The molecule has 92 valence electrons. The van der Waals surface area contributed by atoms with E-state index in [2.05, 4.69) is 10.3 Å². The number of carboxylic acids is 1. The largest absolute Gasteiger partial charge is 0.478 e. The summed E-state index contributed by atoms with van der Waals surface area (Å²) in [4.78, 5) is 14.8. The van der Waals surface area contributed by atoms with Gasteiger partial charge in [-0.05, 0) is 36.3 Å². The van der Waals surface area contributed by atoms with Gasteiger partial charge in [-0.15, -0.1) is 0 Å². The Morgan fingerprint density at radius 1 is 1.53 bits per heavy atom. The molecule has 1 fully saturated rings. The number of hydrogen-bond acceptors (Lipinski definition) is 4. The maximum Gasteiger partial charge on any atom is 0.339 e. The number of hydrogen-bond donors (Lipinski definition) is 2. The third-order valence-corrected chi connectivity index (χ3v) is 4.02. The SMILES string of the molecule is O=C(O)c1cnccc1NCC1CCSCC1. The van der Waals surface area contributed by atoms with Crippen molar-refractivity contribution in [3.05, 3.63) is 24.0 Å². The van der Waals surface area contributed by atoms with Crippen LogP contribution in [-0.2, 0) is 0 Å². The first-order valence-corrected chi connectivity index (χ1v) is 6.92. The van der Waals surface area contributed by atoms with Gasteiger partial charge in [-0.1, -0.05) is 0 Å². The van der Waals surface area contributed by atoms with Crippen LogP contribution in [-0.4, -0.2) is 34.1 Å². The van der Waals surface area contributed by atoms with Crippen molar-refractivity contribution in [2.24, 2.45) is 5.92 Å². The summed E-state index contributed by atoms with van der Waals surface area (Å²) in [5.74, 6) is 2.16. The van der Waals surface area contributed by atoms with E-state index in [0.717, 1.165) is 6.54 Å². The number of nitrogens with one attached hydrogen (secondary N) is 1. The lowest BCUT2D eigenvalue weighted by Gasteiger charge is -2.22. The highest BCUT2D eigenvalue weighted by Crippen LogP contribution is 2.23. The summed E-state index contributed by atoms with van der Waals surface area (Å²) in [6.07, 6.45) is 5.43. The van der Waals surface area contributed by atoms with Crippen molar-refractivity contribution in [2.45, 2.75) is 12.8 Å². The van der Waals surface area contributed by atoms with Crippen LogP contribution >= 0.6 is 11.8 Å². The van der Waals surface area contributed by atoms with Gasteiger partial charge in [0.2, 0.25) is 0 Å². The second-order valence-corrected chi connectivity index (χ2v) is 5.39. The Balaban J connectivity index is 1.96. The van der Waals surface area contributed by atoms with Gasteiger partial charge in [0.15, 0.2) is 0 Å². The molecule has 17 heavy (non-hydrogen) atoms. The van der Waals surface area contributed by atoms with Crippen LogP contribution in [0.1, 0.15) is 23.2 Å². The molecule has 1 aliphatic heterocycles. The molecule has 0 saturated carbocycles. The summed E-state index contributed by atoms with van der Waals surface area (Å²) < 4.78 is 0. The number of carbonyl (C=O) groups is 1. The van der Waals surface area contributed by atoms with Crippen LogP contribution in [0.3, 0.4) is 0 Å². The first kappa shape index (κ1) is 12.2. The lowest BCUT2D eigenvalue weighted by Crippen LogP contribution is -2.20. The summed E-state index contributed by atoms with van der Waals surface area (Å²) in [5, 5.41) is 12.3. The molecule has 0 aliphatic carbocycles. The van der Waals surface area contributed by atoms with E-state index in [4.69, 9.17) is 5.11 Å². The zero-order valence-electron chi connectivity index (χ0n) is 9.56. The minimum atomic E-state index is -0.931. The molecular weight excluding hydrogens is 236 g/mol. The topological polar surface area (TPSA) is 62.2 Å². The highest BCUT2D eigenvalue weighted by atomic mass is 32.2. The monoisotopic (exact) mass is 252 g/mol. The Labute approximate surface area is 105 Å². The number of rotatable bonds is 4. The van der Waals surface area contributed by atoms with Gasteiger partial charge in [0, 0.05) is 18.9 Å². The highest BCUT2D eigenvalue weighted by Gasteiger charge is 2.15. The fraction of sp³-hybridized carbons (Fsp3) is 0.500. The maximum absolute atomic E-state index is 11.0. The quantitative estimate of drug-likeness (QED) is 0.861. The molecule has 2 rings (SSSR count). The van der Waals surface area contributed by atoms with Crippen molar-refractivity contribution in [3.63, 3.8) is 0 Å². The van der Waals surface area contributed by atoms with Gasteiger partial charge in [0.25, 0.3) is 0 Å². The normalized spacial score (nSPS) is 16.7. The van der Waals surface area contributed by atoms with Gasteiger partial charge >= 0.3 is 5.97 Å². The molecule has 0 spiro atoms. The number of aromatic nitrogens is 1.